The fraction of sp³-hybridized carbons (Fsp3) is 0.353. The van der Waals surface area contributed by atoms with Crippen LogP contribution in [0.15, 0.2) is 60.9 Å². The lowest BCUT2D eigenvalue weighted by Crippen LogP contribution is -1.88. The third kappa shape index (κ3) is 9.18. The third-order valence-corrected chi connectivity index (χ3v) is 8.85. The van der Waals surface area contributed by atoms with E-state index in [-0.39, 0.29) is 0 Å². The number of unbranched alkanes of at least 4 members (excludes halogenated alkanes) is 6. The van der Waals surface area contributed by atoms with Gasteiger partial charge in [0.1, 0.15) is 0 Å². The van der Waals surface area contributed by atoms with Gasteiger partial charge in [0.25, 0.3) is 0 Å². The Hall–Kier alpha value is -2.82. The molecule has 198 valence electrons. The lowest BCUT2D eigenvalue weighted by molar-refractivity contribution is 0.670. The van der Waals surface area contributed by atoms with E-state index in [1.807, 2.05) is 35.1 Å². The standard InChI is InChI=1S/C34H40N2S2/c1-3-5-7-9-11-29-17-19-31(37-29)15-13-27-21-23-35-33(25-27)34-26-28(22-24-36-34)14-16-32-20-18-30(38-32)12-10-8-6-4-2/h13-26H,3-12H2,1-2H3. The zero-order valence-corrected chi connectivity index (χ0v) is 24.5. The highest BCUT2D eigenvalue weighted by molar-refractivity contribution is 7.13. The Labute approximate surface area is 237 Å². The van der Waals surface area contributed by atoms with Crippen molar-refractivity contribution in [2.45, 2.75) is 78.1 Å². The zero-order chi connectivity index (χ0) is 26.4. The second-order valence-corrected chi connectivity index (χ2v) is 12.2. The maximum atomic E-state index is 4.61. The summed E-state index contributed by atoms with van der Waals surface area (Å²) in [6.07, 6.45) is 25.4. The first kappa shape index (κ1) is 28.2. The van der Waals surface area contributed by atoms with Crippen LogP contribution < -0.4 is 0 Å². The van der Waals surface area contributed by atoms with E-state index in [9.17, 15) is 0 Å². The van der Waals surface area contributed by atoms with E-state index in [4.69, 9.17) is 0 Å². The number of thiophene rings is 2. The van der Waals surface area contributed by atoms with Crippen LogP contribution in [0, 0.1) is 0 Å². The van der Waals surface area contributed by atoms with Gasteiger partial charge in [-0.3, -0.25) is 9.97 Å². The molecule has 0 atom stereocenters. The van der Waals surface area contributed by atoms with Crippen LogP contribution in [0.2, 0.25) is 0 Å². The average Bonchev–Trinajstić information content (AvgIpc) is 3.61. The summed E-state index contributed by atoms with van der Waals surface area (Å²) in [7, 11) is 0. The first-order valence-corrected chi connectivity index (χ1v) is 15.8. The molecule has 0 fully saturated rings. The maximum absolute atomic E-state index is 4.61. The highest BCUT2D eigenvalue weighted by Gasteiger charge is 2.04. The molecule has 0 amide bonds. The number of pyridine rings is 2. The summed E-state index contributed by atoms with van der Waals surface area (Å²) in [6, 6.07) is 17.4. The van der Waals surface area contributed by atoms with Crippen molar-refractivity contribution in [3.05, 3.63) is 91.6 Å². The predicted molar refractivity (Wildman–Crippen MR) is 170 cm³/mol. The van der Waals surface area contributed by atoms with Gasteiger partial charge in [-0.25, -0.2) is 0 Å². The number of rotatable bonds is 15. The van der Waals surface area contributed by atoms with Crippen molar-refractivity contribution in [2.24, 2.45) is 0 Å². The molecule has 4 heteroatoms. The zero-order valence-electron chi connectivity index (χ0n) is 22.9. The van der Waals surface area contributed by atoms with Crippen LogP contribution in [-0.4, -0.2) is 9.97 Å². The molecule has 0 spiro atoms. The summed E-state index contributed by atoms with van der Waals surface area (Å²) in [4.78, 5) is 14.8. The van der Waals surface area contributed by atoms with E-state index in [2.05, 4.69) is 96.7 Å². The topological polar surface area (TPSA) is 25.8 Å². The van der Waals surface area contributed by atoms with Crippen LogP contribution in [0.3, 0.4) is 0 Å². The molecule has 0 bridgehead atoms. The summed E-state index contributed by atoms with van der Waals surface area (Å²) < 4.78 is 0. The number of nitrogens with zero attached hydrogens (tertiary/aromatic N) is 2. The van der Waals surface area contributed by atoms with Gasteiger partial charge >= 0.3 is 0 Å². The highest BCUT2D eigenvalue weighted by atomic mass is 32.1. The molecule has 0 N–H and O–H groups in total. The maximum Gasteiger partial charge on any atom is 0.0892 e. The van der Waals surface area contributed by atoms with Crippen molar-refractivity contribution in [2.75, 3.05) is 0 Å². The summed E-state index contributed by atoms with van der Waals surface area (Å²) in [6.45, 7) is 4.53. The summed E-state index contributed by atoms with van der Waals surface area (Å²) in [5.41, 5.74) is 4.08. The number of hydrogen-bond donors (Lipinski definition) is 0. The molecule has 4 aromatic rings. The van der Waals surface area contributed by atoms with Crippen molar-refractivity contribution >= 4 is 47.0 Å². The van der Waals surface area contributed by atoms with Crippen LogP contribution in [0.4, 0.5) is 0 Å². The van der Waals surface area contributed by atoms with Crippen molar-refractivity contribution < 1.29 is 0 Å². The van der Waals surface area contributed by atoms with Gasteiger partial charge < -0.3 is 0 Å². The van der Waals surface area contributed by atoms with E-state index in [1.165, 1.54) is 83.7 Å². The number of aromatic nitrogens is 2. The molecular weight excluding hydrogens is 501 g/mol. The molecule has 2 nitrogen and oxygen atoms in total. The smallest absolute Gasteiger partial charge is 0.0892 e. The number of hydrogen-bond acceptors (Lipinski definition) is 4. The molecule has 4 rings (SSSR count). The van der Waals surface area contributed by atoms with Crippen LogP contribution in [0.1, 0.15) is 95.8 Å². The van der Waals surface area contributed by atoms with Crippen LogP contribution in [0.25, 0.3) is 35.7 Å². The lowest BCUT2D eigenvalue weighted by atomic mass is 10.1. The van der Waals surface area contributed by atoms with Crippen molar-refractivity contribution in [3.8, 4) is 11.4 Å². The van der Waals surface area contributed by atoms with Gasteiger partial charge in [-0.05, 0) is 97.5 Å². The normalized spacial score (nSPS) is 11.7. The van der Waals surface area contributed by atoms with Gasteiger partial charge in [0.05, 0.1) is 11.4 Å². The van der Waals surface area contributed by atoms with Crippen molar-refractivity contribution in [3.63, 3.8) is 0 Å². The minimum absolute atomic E-state index is 0.899. The predicted octanol–water partition coefficient (Wildman–Crippen LogP) is 10.9. The van der Waals surface area contributed by atoms with Crippen molar-refractivity contribution in [1.29, 1.82) is 0 Å². The Morgan fingerprint density at radius 1 is 0.553 bits per heavy atom. The van der Waals surface area contributed by atoms with Crippen molar-refractivity contribution in [1.82, 2.24) is 9.97 Å². The second kappa shape index (κ2) is 15.6. The van der Waals surface area contributed by atoms with Gasteiger partial charge in [-0.1, -0.05) is 64.5 Å². The second-order valence-electron chi connectivity index (χ2n) is 9.84. The fourth-order valence-corrected chi connectivity index (χ4v) is 6.34. The molecular formula is C34H40N2S2. The van der Waals surface area contributed by atoms with Gasteiger partial charge in [-0.15, -0.1) is 22.7 Å². The monoisotopic (exact) mass is 540 g/mol. The summed E-state index contributed by atoms with van der Waals surface area (Å²) >= 11 is 3.80. The molecule has 0 aliphatic heterocycles. The molecule has 4 aromatic heterocycles. The quantitative estimate of drug-likeness (QED) is 0.140. The Balaban J connectivity index is 1.36. The Bertz CT molecular complexity index is 1210. The average molecular weight is 541 g/mol. The minimum atomic E-state index is 0.899. The molecule has 0 saturated carbocycles. The Morgan fingerprint density at radius 2 is 1.03 bits per heavy atom. The fourth-order valence-electron chi connectivity index (χ4n) is 4.43. The summed E-state index contributed by atoms with van der Waals surface area (Å²) in [5.74, 6) is 0. The highest BCUT2D eigenvalue weighted by Crippen LogP contribution is 2.24. The SMILES string of the molecule is CCCCCCc1ccc(C=Cc2ccnc(-c3cc(C=Cc4ccc(CCCCCC)s4)ccn3)c2)s1. The van der Waals surface area contributed by atoms with E-state index in [1.54, 1.807) is 0 Å². The third-order valence-electron chi connectivity index (χ3n) is 6.63. The molecule has 4 heterocycles. The molecule has 38 heavy (non-hydrogen) atoms. The number of aryl methyl sites for hydroxylation is 2. The largest absolute Gasteiger partial charge is 0.255 e. The van der Waals surface area contributed by atoms with Crippen LogP contribution >= 0.6 is 22.7 Å². The minimum Gasteiger partial charge on any atom is -0.255 e. The van der Waals surface area contributed by atoms with Gasteiger partial charge in [0.15, 0.2) is 0 Å². The van der Waals surface area contributed by atoms with Gasteiger partial charge in [0, 0.05) is 31.9 Å². The molecule has 0 aromatic carbocycles. The molecule has 0 unspecified atom stereocenters. The van der Waals surface area contributed by atoms with E-state index >= 15 is 0 Å². The molecule has 0 radical (unpaired) electrons. The Kier molecular flexibility index (Phi) is 11.5. The van der Waals surface area contributed by atoms with E-state index in [0.717, 1.165) is 22.5 Å². The molecule has 0 aliphatic rings. The first-order valence-electron chi connectivity index (χ1n) is 14.2. The first-order chi connectivity index (χ1) is 18.7. The lowest BCUT2D eigenvalue weighted by Gasteiger charge is -2.03. The van der Waals surface area contributed by atoms with Gasteiger partial charge in [0.2, 0.25) is 0 Å². The van der Waals surface area contributed by atoms with E-state index in [0.29, 0.717) is 0 Å². The molecule has 0 aliphatic carbocycles. The molecule has 0 saturated heterocycles. The Morgan fingerprint density at radius 3 is 1.47 bits per heavy atom. The van der Waals surface area contributed by atoms with Crippen LogP contribution in [-0.2, 0) is 12.8 Å². The summed E-state index contributed by atoms with van der Waals surface area (Å²) in [5, 5.41) is 0. The van der Waals surface area contributed by atoms with Gasteiger partial charge in [-0.2, -0.15) is 0 Å². The van der Waals surface area contributed by atoms with Crippen LogP contribution in [0.5, 0.6) is 0 Å². The van der Waals surface area contributed by atoms with E-state index < -0.39 is 0 Å².